The van der Waals surface area contributed by atoms with E-state index in [1.54, 1.807) is 0 Å². The fourth-order valence-electron chi connectivity index (χ4n) is 3.73. The summed E-state index contributed by atoms with van der Waals surface area (Å²) in [7, 11) is 2.71. The monoisotopic (exact) mass is 275 g/mol. The fraction of sp³-hybridized carbons (Fsp3) is 0.467. The predicted molar refractivity (Wildman–Crippen MR) is 71.4 cm³/mol. The van der Waals surface area contributed by atoms with Gasteiger partial charge in [-0.05, 0) is 17.5 Å². The number of carbonyl (C=O) groups is 2. The van der Waals surface area contributed by atoms with Gasteiger partial charge in [-0.2, -0.15) is 0 Å². The Hall–Kier alpha value is -2.04. The maximum atomic E-state index is 12.1. The molecule has 0 unspecified atom stereocenters. The molecule has 1 amide bonds. The molecule has 106 valence electrons. The minimum absolute atomic E-state index is 0.116. The summed E-state index contributed by atoms with van der Waals surface area (Å²) in [4.78, 5) is 23.6. The average molecular weight is 275 g/mol. The van der Waals surface area contributed by atoms with Gasteiger partial charge in [0.2, 0.25) is 0 Å². The topological polar surface area (TPSA) is 64.6 Å². The van der Waals surface area contributed by atoms with E-state index in [0.717, 1.165) is 6.42 Å². The van der Waals surface area contributed by atoms with Gasteiger partial charge < -0.3 is 14.8 Å². The molecule has 1 saturated carbocycles. The quantitative estimate of drug-likeness (QED) is 0.836. The molecule has 20 heavy (non-hydrogen) atoms. The van der Waals surface area contributed by atoms with E-state index >= 15 is 0 Å². The van der Waals surface area contributed by atoms with Gasteiger partial charge in [0.1, 0.15) is 0 Å². The molecule has 2 aliphatic rings. The highest BCUT2D eigenvalue weighted by atomic mass is 16.5. The van der Waals surface area contributed by atoms with Crippen LogP contribution in [0.3, 0.4) is 0 Å². The number of fused-ring (bicyclic) bond motifs is 5. The van der Waals surface area contributed by atoms with E-state index in [1.165, 1.54) is 25.3 Å². The lowest BCUT2D eigenvalue weighted by Crippen LogP contribution is -2.46. The predicted octanol–water partition coefficient (Wildman–Crippen LogP) is 1.78. The number of methoxy groups -OCH3 is 2. The molecule has 1 fully saturated rings. The van der Waals surface area contributed by atoms with Crippen molar-refractivity contribution in [3.8, 4) is 0 Å². The zero-order valence-electron chi connectivity index (χ0n) is 11.5. The minimum Gasteiger partial charge on any atom is -0.469 e. The zero-order valence-corrected chi connectivity index (χ0v) is 11.5. The van der Waals surface area contributed by atoms with E-state index in [9.17, 15) is 9.59 Å². The van der Waals surface area contributed by atoms with Crippen LogP contribution in [-0.2, 0) is 14.3 Å². The van der Waals surface area contributed by atoms with Gasteiger partial charge in [-0.15, -0.1) is 0 Å². The Morgan fingerprint density at radius 2 is 1.75 bits per heavy atom. The van der Waals surface area contributed by atoms with Crippen molar-refractivity contribution in [2.24, 2.45) is 5.92 Å². The van der Waals surface area contributed by atoms with Crippen LogP contribution < -0.4 is 5.32 Å². The lowest BCUT2D eigenvalue weighted by molar-refractivity contribution is -0.146. The summed E-state index contributed by atoms with van der Waals surface area (Å²) in [5.41, 5.74) is 2.43. The highest BCUT2D eigenvalue weighted by Crippen LogP contribution is 2.56. The minimum atomic E-state index is -0.506. The van der Waals surface area contributed by atoms with Crippen molar-refractivity contribution in [3.05, 3.63) is 35.4 Å². The maximum Gasteiger partial charge on any atom is 0.407 e. The van der Waals surface area contributed by atoms with Crippen molar-refractivity contribution in [1.82, 2.24) is 5.32 Å². The van der Waals surface area contributed by atoms with Crippen LogP contribution in [-0.4, -0.2) is 32.3 Å². The van der Waals surface area contributed by atoms with Crippen LogP contribution in [0.25, 0.3) is 0 Å². The summed E-state index contributed by atoms with van der Waals surface area (Å²) < 4.78 is 9.58. The number of amides is 1. The maximum absolute atomic E-state index is 12.1. The molecule has 0 aromatic heterocycles. The van der Waals surface area contributed by atoms with Crippen molar-refractivity contribution in [2.75, 3.05) is 14.2 Å². The first-order valence-corrected chi connectivity index (χ1v) is 6.68. The molecule has 3 rings (SSSR count). The highest BCUT2D eigenvalue weighted by Gasteiger charge is 2.54. The molecule has 4 atom stereocenters. The lowest BCUT2D eigenvalue weighted by Gasteiger charge is -2.31. The number of rotatable bonds is 2. The molecule has 0 spiro atoms. The molecule has 0 radical (unpaired) electrons. The van der Waals surface area contributed by atoms with Crippen molar-refractivity contribution in [2.45, 2.75) is 24.3 Å². The first-order valence-electron chi connectivity index (χ1n) is 6.68. The number of esters is 1. The summed E-state index contributed by atoms with van der Waals surface area (Å²) in [6.07, 6.45) is 0.363. The van der Waals surface area contributed by atoms with Gasteiger partial charge in [0.05, 0.1) is 26.2 Å². The van der Waals surface area contributed by atoms with Crippen LogP contribution >= 0.6 is 0 Å². The van der Waals surface area contributed by atoms with E-state index in [0.29, 0.717) is 0 Å². The molecule has 5 nitrogen and oxygen atoms in total. The molecule has 1 N–H and O–H groups in total. The number of benzene rings is 1. The average Bonchev–Trinajstić information content (AvgIpc) is 3.03. The fourth-order valence-corrected chi connectivity index (χ4v) is 3.73. The third kappa shape index (κ3) is 1.77. The summed E-state index contributed by atoms with van der Waals surface area (Å²) in [5.74, 6) is -0.336. The molecular formula is C15H17NO4. The molecular weight excluding hydrogens is 258 g/mol. The zero-order chi connectivity index (χ0) is 14.3. The molecule has 2 aliphatic carbocycles. The second-order valence-corrected chi connectivity index (χ2v) is 5.29. The van der Waals surface area contributed by atoms with Gasteiger partial charge >= 0.3 is 12.1 Å². The summed E-state index contributed by atoms with van der Waals surface area (Å²) in [5, 5.41) is 2.80. The molecule has 2 bridgehead atoms. The molecule has 1 aromatic carbocycles. The van der Waals surface area contributed by atoms with Gasteiger partial charge in [-0.3, -0.25) is 4.79 Å². The van der Waals surface area contributed by atoms with Gasteiger partial charge in [0.25, 0.3) is 0 Å². The van der Waals surface area contributed by atoms with Gasteiger partial charge in [-0.1, -0.05) is 24.3 Å². The lowest BCUT2D eigenvalue weighted by atomic mass is 9.80. The second kappa shape index (κ2) is 4.81. The van der Waals surface area contributed by atoms with E-state index < -0.39 is 6.09 Å². The standard InChI is InChI=1S/C15H17NO4/c1-19-14(17)12-10-7-11(13(12)16-15(18)20-2)9-6-4-3-5-8(9)10/h3-6,10-13H,7H2,1-2H3,(H,16,18)/t10-,11+,12+,13-/m1/s1. The summed E-state index contributed by atoms with van der Waals surface area (Å²) >= 11 is 0. The number of hydrogen-bond donors (Lipinski definition) is 1. The molecule has 1 aromatic rings. The van der Waals surface area contributed by atoms with Crippen LogP contribution in [0.15, 0.2) is 24.3 Å². The highest BCUT2D eigenvalue weighted by molar-refractivity contribution is 5.79. The van der Waals surface area contributed by atoms with Crippen LogP contribution in [0.1, 0.15) is 29.4 Å². The Morgan fingerprint density at radius 3 is 2.35 bits per heavy atom. The molecule has 0 aliphatic heterocycles. The van der Waals surface area contributed by atoms with Gasteiger partial charge in [0, 0.05) is 11.8 Å². The number of alkyl carbamates (subject to hydrolysis) is 1. The van der Waals surface area contributed by atoms with Crippen molar-refractivity contribution in [1.29, 1.82) is 0 Å². The molecule has 0 saturated heterocycles. The molecule has 0 heterocycles. The Bertz CT molecular complexity index is 557. The van der Waals surface area contributed by atoms with E-state index in [1.807, 2.05) is 12.1 Å². The van der Waals surface area contributed by atoms with E-state index in [4.69, 9.17) is 4.74 Å². The van der Waals surface area contributed by atoms with Crippen LogP contribution in [0.4, 0.5) is 4.79 Å². The molecule has 5 heteroatoms. The van der Waals surface area contributed by atoms with Crippen molar-refractivity contribution < 1.29 is 19.1 Å². The summed E-state index contributed by atoms with van der Waals surface area (Å²) in [6.45, 7) is 0. The third-order valence-electron chi connectivity index (χ3n) is 4.50. The Kier molecular flexibility index (Phi) is 3.12. The summed E-state index contributed by atoms with van der Waals surface area (Å²) in [6, 6.07) is 7.84. The van der Waals surface area contributed by atoms with E-state index in [2.05, 4.69) is 22.2 Å². The first-order chi connectivity index (χ1) is 9.67. The van der Waals surface area contributed by atoms with E-state index in [-0.39, 0.29) is 29.8 Å². The van der Waals surface area contributed by atoms with Gasteiger partial charge in [0.15, 0.2) is 0 Å². The van der Waals surface area contributed by atoms with Crippen molar-refractivity contribution in [3.63, 3.8) is 0 Å². The smallest absolute Gasteiger partial charge is 0.407 e. The largest absolute Gasteiger partial charge is 0.469 e. The number of nitrogens with one attached hydrogen (secondary N) is 1. The number of carbonyl (C=O) groups excluding carboxylic acids is 2. The van der Waals surface area contributed by atoms with Gasteiger partial charge in [-0.25, -0.2) is 4.79 Å². The van der Waals surface area contributed by atoms with Crippen LogP contribution in [0.5, 0.6) is 0 Å². The Balaban J connectivity index is 1.97. The Morgan fingerprint density at radius 1 is 1.10 bits per heavy atom. The number of hydrogen-bond acceptors (Lipinski definition) is 4. The third-order valence-corrected chi connectivity index (χ3v) is 4.50. The first kappa shape index (κ1) is 13.0. The number of ether oxygens (including phenoxy) is 2. The van der Waals surface area contributed by atoms with Crippen LogP contribution in [0, 0.1) is 5.92 Å². The normalized spacial score (nSPS) is 29.7. The van der Waals surface area contributed by atoms with Crippen molar-refractivity contribution >= 4 is 12.1 Å². The second-order valence-electron chi connectivity index (χ2n) is 5.29. The SMILES string of the molecule is COC(=O)N[C@H]1[C@@H](C(=O)OC)[C@@H]2C[C@H]1c1ccccc12. The Labute approximate surface area is 117 Å². The van der Waals surface area contributed by atoms with Crippen LogP contribution in [0.2, 0.25) is 0 Å².